The molecule has 1 saturated heterocycles. The summed E-state index contributed by atoms with van der Waals surface area (Å²) in [5, 5.41) is 0. The topological polar surface area (TPSA) is 50.5 Å². The molecule has 2 atom stereocenters. The van der Waals surface area contributed by atoms with E-state index in [1.165, 1.54) is 12.8 Å². The number of hydrazine groups is 1. The smallest absolute Gasteiger partial charge is 0.0868 e. The van der Waals surface area contributed by atoms with Crippen LogP contribution < -0.4 is 11.3 Å². The first-order valence-corrected chi connectivity index (χ1v) is 7.05. The summed E-state index contributed by atoms with van der Waals surface area (Å²) in [6, 6.07) is 0.286. The maximum atomic E-state index is 5.87. The highest BCUT2D eigenvalue weighted by Gasteiger charge is 2.28. The van der Waals surface area contributed by atoms with Gasteiger partial charge in [0.2, 0.25) is 0 Å². The fraction of sp³-hybridized carbons (Fsp3) is 1.00. The molecule has 1 aliphatic heterocycles. The van der Waals surface area contributed by atoms with E-state index < -0.39 is 0 Å². The van der Waals surface area contributed by atoms with Crippen LogP contribution in [0.3, 0.4) is 0 Å². The number of nitrogens with two attached hydrogens (primary N) is 1. The molecule has 0 aromatic heterocycles. The van der Waals surface area contributed by atoms with Gasteiger partial charge < -0.3 is 4.74 Å². The predicted octanol–water partition coefficient (Wildman–Crippen LogP) is 1.37. The van der Waals surface area contributed by atoms with Crippen molar-refractivity contribution in [2.45, 2.75) is 52.2 Å². The minimum Gasteiger partial charge on any atom is -0.374 e. The standard InChI is InChI=1S/C13H29N3O/c1-4-11(5-2)9-12(15-14)13-10-16(6-3)7-8-17-13/h11-13,15H,4-10,14H2,1-3H3. The predicted molar refractivity (Wildman–Crippen MR) is 71.7 cm³/mol. The van der Waals surface area contributed by atoms with Crippen molar-refractivity contribution in [3.63, 3.8) is 0 Å². The maximum Gasteiger partial charge on any atom is 0.0868 e. The molecule has 0 radical (unpaired) electrons. The Morgan fingerprint density at radius 1 is 1.35 bits per heavy atom. The lowest BCUT2D eigenvalue weighted by Gasteiger charge is -2.37. The third-order valence-corrected chi connectivity index (χ3v) is 4.03. The van der Waals surface area contributed by atoms with Crippen LogP contribution in [0.5, 0.6) is 0 Å². The molecule has 2 unspecified atom stereocenters. The van der Waals surface area contributed by atoms with Crippen molar-refractivity contribution in [3.05, 3.63) is 0 Å². The number of likely N-dealkylation sites (N-methyl/N-ethyl adjacent to an activating group) is 1. The van der Waals surface area contributed by atoms with Crippen LogP contribution in [0, 0.1) is 5.92 Å². The van der Waals surface area contributed by atoms with Crippen molar-refractivity contribution in [2.24, 2.45) is 11.8 Å². The number of rotatable bonds is 7. The Balaban J connectivity index is 2.48. The molecule has 4 heteroatoms. The van der Waals surface area contributed by atoms with Crippen molar-refractivity contribution in [2.75, 3.05) is 26.2 Å². The van der Waals surface area contributed by atoms with Crippen molar-refractivity contribution < 1.29 is 4.74 Å². The fourth-order valence-corrected chi connectivity index (χ4v) is 2.57. The summed E-state index contributed by atoms with van der Waals surface area (Å²) in [7, 11) is 0. The quantitative estimate of drug-likeness (QED) is 0.524. The molecule has 1 aliphatic rings. The number of hydrogen-bond donors (Lipinski definition) is 2. The minimum absolute atomic E-state index is 0.245. The van der Waals surface area contributed by atoms with Crippen LogP contribution >= 0.6 is 0 Å². The Kier molecular flexibility index (Phi) is 7.04. The van der Waals surface area contributed by atoms with Gasteiger partial charge in [-0.15, -0.1) is 0 Å². The molecule has 17 heavy (non-hydrogen) atoms. The van der Waals surface area contributed by atoms with Gasteiger partial charge in [-0.05, 0) is 18.9 Å². The van der Waals surface area contributed by atoms with E-state index in [2.05, 4.69) is 31.1 Å². The lowest BCUT2D eigenvalue weighted by atomic mass is 9.92. The average Bonchev–Trinajstić information content (AvgIpc) is 2.40. The summed E-state index contributed by atoms with van der Waals surface area (Å²) >= 11 is 0. The first-order chi connectivity index (χ1) is 8.24. The molecule has 0 saturated carbocycles. The molecule has 4 nitrogen and oxygen atoms in total. The molecule has 0 amide bonds. The molecular formula is C13H29N3O. The van der Waals surface area contributed by atoms with E-state index in [1.807, 2.05) is 0 Å². The van der Waals surface area contributed by atoms with Crippen molar-refractivity contribution >= 4 is 0 Å². The first-order valence-electron chi connectivity index (χ1n) is 7.05. The number of morpholine rings is 1. The van der Waals surface area contributed by atoms with Gasteiger partial charge in [0.05, 0.1) is 12.7 Å². The summed E-state index contributed by atoms with van der Waals surface area (Å²) in [5.74, 6) is 6.45. The summed E-state index contributed by atoms with van der Waals surface area (Å²) in [4.78, 5) is 2.44. The third-order valence-electron chi connectivity index (χ3n) is 4.03. The van der Waals surface area contributed by atoms with Gasteiger partial charge in [-0.25, -0.2) is 0 Å². The molecule has 102 valence electrons. The fourth-order valence-electron chi connectivity index (χ4n) is 2.57. The van der Waals surface area contributed by atoms with Gasteiger partial charge in [0.1, 0.15) is 0 Å². The van der Waals surface area contributed by atoms with E-state index in [4.69, 9.17) is 10.6 Å². The van der Waals surface area contributed by atoms with E-state index >= 15 is 0 Å². The molecule has 0 aromatic rings. The highest BCUT2D eigenvalue weighted by atomic mass is 16.5. The highest BCUT2D eigenvalue weighted by molar-refractivity contribution is 4.83. The lowest BCUT2D eigenvalue weighted by molar-refractivity contribution is -0.0487. The summed E-state index contributed by atoms with van der Waals surface area (Å²) in [6.45, 7) is 10.7. The van der Waals surface area contributed by atoms with Crippen molar-refractivity contribution in [1.82, 2.24) is 10.3 Å². The van der Waals surface area contributed by atoms with Gasteiger partial charge in [0.25, 0.3) is 0 Å². The second-order valence-electron chi connectivity index (χ2n) is 4.99. The van der Waals surface area contributed by atoms with E-state index in [9.17, 15) is 0 Å². The minimum atomic E-state index is 0.245. The second-order valence-corrected chi connectivity index (χ2v) is 4.99. The van der Waals surface area contributed by atoms with Crippen LogP contribution in [-0.2, 0) is 4.74 Å². The van der Waals surface area contributed by atoms with Crippen LogP contribution in [0.1, 0.15) is 40.0 Å². The molecule has 0 aromatic carbocycles. The molecule has 1 heterocycles. The average molecular weight is 243 g/mol. The Bertz CT molecular complexity index is 197. The zero-order valence-electron chi connectivity index (χ0n) is 11.6. The van der Waals surface area contributed by atoms with Gasteiger partial charge in [-0.3, -0.25) is 16.2 Å². The first kappa shape index (κ1) is 14.9. The van der Waals surface area contributed by atoms with Gasteiger partial charge in [-0.2, -0.15) is 0 Å². The molecule has 3 N–H and O–H groups in total. The van der Waals surface area contributed by atoms with Crippen molar-refractivity contribution in [3.8, 4) is 0 Å². The number of ether oxygens (including phenoxy) is 1. The number of nitrogens with zero attached hydrogens (tertiary/aromatic N) is 1. The summed E-state index contributed by atoms with van der Waals surface area (Å²) < 4.78 is 5.87. The van der Waals surface area contributed by atoms with Crippen LogP contribution in [0.25, 0.3) is 0 Å². The zero-order chi connectivity index (χ0) is 12.7. The van der Waals surface area contributed by atoms with E-state index in [1.54, 1.807) is 0 Å². The number of nitrogens with one attached hydrogen (secondary N) is 1. The Hall–Kier alpha value is -0.160. The van der Waals surface area contributed by atoms with Gasteiger partial charge in [0.15, 0.2) is 0 Å². The van der Waals surface area contributed by atoms with Gasteiger partial charge in [-0.1, -0.05) is 33.6 Å². The Morgan fingerprint density at radius 3 is 2.59 bits per heavy atom. The second kappa shape index (κ2) is 8.03. The Labute approximate surface area is 106 Å². The molecule has 1 fully saturated rings. The van der Waals surface area contributed by atoms with E-state index in [0.29, 0.717) is 0 Å². The van der Waals surface area contributed by atoms with Crippen LogP contribution in [0.4, 0.5) is 0 Å². The monoisotopic (exact) mass is 243 g/mol. The lowest BCUT2D eigenvalue weighted by Crippen LogP contribution is -2.54. The SMILES string of the molecule is CCC(CC)CC(NN)C1CN(CC)CCO1. The van der Waals surface area contributed by atoms with Crippen LogP contribution in [0.2, 0.25) is 0 Å². The Morgan fingerprint density at radius 2 is 2.06 bits per heavy atom. The van der Waals surface area contributed by atoms with E-state index in [0.717, 1.165) is 38.6 Å². The third kappa shape index (κ3) is 4.54. The van der Waals surface area contributed by atoms with Crippen LogP contribution in [-0.4, -0.2) is 43.3 Å². The van der Waals surface area contributed by atoms with Crippen LogP contribution in [0.15, 0.2) is 0 Å². The van der Waals surface area contributed by atoms with Gasteiger partial charge >= 0.3 is 0 Å². The van der Waals surface area contributed by atoms with Crippen molar-refractivity contribution in [1.29, 1.82) is 0 Å². The normalized spacial score (nSPS) is 24.2. The molecular weight excluding hydrogens is 214 g/mol. The van der Waals surface area contributed by atoms with Gasteiger partial charge in [0, 0.05) is 19.1 Å². The maximum absolute atomic E-state index is 5.87. The summed E-state index contributed by atoms with van der Waals surface area (Å²) in [6.07, 6.45) is 3.80. The summed E-state index contributed by atoms with van der Waals surface area (Å²) in [5.41, 5.74) is 2.96. The molecule has 0 spiro atoms. The largest absolute Gasteiger partial charge is 0.374 e. The van der Waals surface area contributed by atoms with E-state index in [-0.39, 0.29) is 12.1 Å². The highest BCUT2D eigenvalue weighted by Crippen LogP contribution is 2.19. The number of hydrogen-bond acceptors (Lipinski definition) is 4. The molecule has 0 bridgehead atoms. The zero-order valence-corrected chi connectivity index (χ0v) is 11.6. The molecule has 1 rings (SSSR count). The molecule has 0 aliphatic carbocycles.